The predicted molar refractivity (Wildman–Crippen MR) is 43.7 cm³/mol. The van der Waals surface area contributed by atoms with Crippen molar-refractivity contribution >= 4 is 5.97 Å². The highest BCUT2D eigenvalue weighted by molar-refractivity contribution is 5.66. The van der Waals surface area contributed by atoms with Gasteiger partial charge in [-0.25, -0.2) is 4.79 Å². The van der Waals surface area contributed by atoms with E-state index in [1.807, 2.05) is 0 Å². The molecule has 0 aliphatic heterocycles. The fourth-order valence-electron chi connectivity index (χ4n) is 1.07. The van der Waals surface area contributed by atoms with Crippen LogP contribution in [0.3, 0.4) is 0 Å². The first-order valence-corrected chi connectivity index (χ1v) is 3.77. The monoisotopic (exact) mass is 186 g/mol. The second-order valence-electron chi connectivity index (χ2n) is 2.54. The lowest BCUT2D eigenvalue weighted by molar-refractivity contribution is -0.137. The highest BCUT2D eigenvalue weighted by Crippen LogP contribution is 2.04. The summed E-state index contributed by atoms with van der Waals surface area (Å²) < 4.78 is 2.03. The molecule has 0 aromatic carbocycles. The lowest BCUT2D eigenvalue weighted by Gasteiger charge is -1.95. The van der Waals surface area contributed by atoms with Gasteiger partial charge in [-0.2, -0.15) is 0 Å². The van der Waals surface area contributed by atoms with Crippen LogP contribution in [0.5, 0.6) is 5.88 Å². The third-order valence-corrected chi connectivity index (χ3v) is 1.65. The van der Waals surface area contributed by atoms with Crippen LogP contribution in [0.15, 0.2) is 11.0 Å². The third-order valence-electron chi connectivity index (χ3n) is 1.65. The van der Waals surface area contributed by atoms with Crippen molar-refractivity contribution in [2.45, 2.75) is 20.0 Å². The van der Waals surface area contributed by atoms with Crippen LogP contribution in [0.25, 0.3) is 0 Å². The number of carbonyl (C=O) groups is 1. The molecule has 0 unspecified atom stereocenters. The molecule has 0 spiro atoms. The first kappa shape index (κ1) is 9.37. The molecular weight excluding hydrogens is 176 g/mol. The smallest absolute Gasteiger partial charge is 0.331 e. The van der Waals surface area contributed by atoms with Crippen molar-refractivity contribution in [3.8, 4) is 5.88 Å². The fraction of sp³-hybridized carbons (Fsp3) is 0.429. The van der Waals surface area contributed by atoms with Gasteiger partial charge in [0, 0.05) is 6.54 Å². The quantitative estimate of drug-likeness (QED) is 0.664. The van der Waals surface area contributed by atoms with Crippen LogP contribution < -0.4 is 5.69 Å². The maximum absolute atomic E-state index is 11.3. The van der Waals surface area contributed by atoms with Gasteiger partial charge in [-0.05, 0) is 6.92 Å². The maximum atomic E-state index is 11.3. The molecule has 0 amide bonds. The molecule has 0 fully saturated rings. The Bertz CT molecular complexity index is 376. The number of aromatic hydroxyl groups is 1. The van der Waals surface area contributed by atoms with Gasteiger partial charge in [-0.1, -0.05) is 0 Å². The summed E-state index contributed by atoms with van der Waals surface area (Å²) in [7, 11) is 0. The van der Waals surface area contributed by atoms with Crippen molar-refractivity contribution in [3.63, 3.8) is 0 Å². The van der Waals surface area contributed by atoms with E-state index in [1.165, 1.54) is 0 Å². The predicted octanol–water partition coefficient (Wildman–Crippen LogP) is -0.540. The minimum atomic E-state index is -1.12. The molecule has 6 nitrogen and oxygen atoms in total. The minimum absolute atomic E-state index is 0.214. The highest BCUT2D eigenvalue weighted by Gasteiger charge is 2.10. The molecule has 1 rings (SSSR count). The van der Waals surface area contributed by atoms with Crippen molar-refractivity contribution in [2.75, 3.05) is 0 Å². The van der Waals surface area contributed by atoms with Crippen LogP contribution >= 0.6 is 0 Å². The summed E-state index contributed by atoms with van der Waals surface area (Å²) in [5, 5.41) is 17.6. The molecule has 1 heterocycles. The highest BCUT2D eigenvalue weighted by atomic mass is 16.4. The van der Waals surface area contributed by atoms with E-state index < -0.39 is 18.2 Å². The fourth-order valence-corrected chi connectivity index (χ4v) is 1.07. The number of hydrogen-bond acceptors (Lipinski definition) is 3. The number of rotatable bonds is 3. The molecule has 0 aliphatic carbocycles. The zero-order valence-corrected chi connectivity index (χ0v) is 7.10. The number of imidazole rings is 1. The van der Waals surface area contributed by atoms with Crippen LogP contribution in [0.4, 0.5) is 0 Å². The standard InChI is InChI=1S/C7H10N2O4/c1-2-9-5(10)3-8(7(9)13)4-6(11)12/h3,10H,2,4H2,1H3,(H,11,12). The van der Waals surface area contributed by atoms with Gasteiger partial charge >= 0.3 is 11.7 Å². The van der Waals surface area contributed by atoms with E-state index in [0.29, 0.717) is 6.54 Å². The summed E-state index contributed by atoms with van der Waals surface area (Å²) in [6, 6.07) is 0. The average Bonchev–Trinajstić information content (AvgIpc) is 2.26. The topological polar surface area (TPSA) is 84.5 Å². The molecule has 0 saturated heterocycles. The third kappa shape index (κ3) is 1.71. The van der Waals surface area contributed by atoms with E-state index in [-0.39, 0.29) is 5.88 Å². The van der Waals surface area contributed by atoms with E-state index in [0.717, 1.165) is 15.3 Å². The number of carboxylic acids is 1. The van der Waals surface area contributed by atoms with Crippen LogP contribution in [-0.2, 0) is 17.9 Å². The Hall–Kier alpha value is -1.72. The second kappa shape index (κ2) is 3.34. The zero-order chi connectivity index (χ0) is 10.0. The van der Waals surface area contributed by atoms with Crippen LogP contribution in [0.1, 0.15) is 6.92 Å². The SMILES string of the molecule is CCn1c(O)cn(CC(=O)O)c1=O. The Morgan fingerprint density at radius 1 is 1.62 bits per heavy atom. The Morgan fingerprint density at radius 3 is 2.62 bits per heavy atom. The van der Waals surface area contributed by atoms with Crippen molar-refractivity contribution in [1.82, 2.24) is 9.13 Å². The van der Waals surface area contributed by atoms with Crippen LogP contribution in [0.2, 0.25) is 0 Å². The molecule has 0 radical (unpaired) electrons. The zero-order valence-electron chi connectivity index (χ0n) is 7.10. The molecule has 6 heteroatoms. The largest absolute Gasteiger partial charge is 0.493 e. The molecule has 72 valence electrons. The molecule has 0 aliphatic rings. The summed E-state index contributed by atoms with van der Waals surface area (Å²) in [4.78, 5) is 21.5. The summed E-state index contributed by atoms with van der Waals surface area (Å²) in [5.74, 6) is -1.33. The molecular formula is C7H10N2O4. The molecule has 1 aromatic rings. The van der Waals surface area contributed by atoms with Gasteiger partial charge in [0.25, 0.3) is 0 Å². The van der Waals surface area contributed by atoms with Gasteiger partial charge in [-0.15, -0.1) is 0 Å². The van der Waals surface area contributed by atoms with E-state index in [1.54, 1.807) is 6.92 Å². The molecule has 0 bridgehead atoms. The first-order chi connectivity index (χ1) is 6.06. The second-order valence-corrected chi connectivity index (χ2v) is 2.54. The van der Waals surface area contributed by atoms with Crippen molar-refractivity contribution < 1.29 is 15.0 Å². The van der Waals surface area contributed by atoms with Gasteiger partial charge in [0.05, 0.1) is 6.20 Å². The van der Waals surface area contributed by atoms with E-state index >= 15 is 0 Å². The lowest BCUT2D eigenvalue weighted by atomic mass is 10.6. The van der Waals surface area contributed by atoms with Gasteiger partial charge < -0.3 is 10.2 Å². The summed E-state index contributed by atoms with van der Waals surface area (Å²) in [5.41, 5.74) is -0.512. The van der Waals surface area contributed by atoms with Crippen molar-refractivity contribution in [2.24, 2.45) is 0 Å². The summed E-state index contributed by atoms with van der Waals surface area (Å²) in [6.07, 6.45) is 1.11. The van der Waals surface area contributed by atoms with Gasteiger partial charge in [0.1, 0.15) is 6.54 Å². The average molecular weight is 186 g/mol. The summed E-state index contributed by atoms with van der Waals surface area (Å²) in [6.45, 7) is 1.57. The minimum Gasteiger partial charge on any atom is -0.493 e. The number of nitrogens with zero attached hydrogens (tertiary/aromatic N) is 2. The normalized spacial score (nSPS) is 10.2. The lowest BCUT2D eigenvalue weighted by Crippen LogP contribution is -2.26. The van der Waals surface area contributed by atoms with E-state index in [2.05, 4.69) is 0 Å². The Kier molecular flexibility index (Phi) is 2.41. The number of aromatic nitrogens is 2. The number of hydrogen-bond donors (Lipinski definition) is 2. The van der Waals surface area contributed by atoms with Crippen LogP contribution in [0, 0.1) is 0 Å². The maximum Gasteiger partial charge on any atom is 0.331 e. The molecule has 13 heavy (non-hydrogen) atoms. The van der Waals surface area contributed by atoms with Gasteiger partial charge in [-0.3, -0.25) is 13.9 Å². The van der Waals surface area contributed by atoms with Crippen molar-refractivity contribution in [3.05, 3.63) is 16.7 Å². The molecule has 1 aromatic heterocycles. The van der Waals surface area contributed by atoms with Gasteiger partial charge in [0.15, 0.2) is 0 Å². The summed E-state index contributed by atoms with van der Waals surface area (Å²) >= 11 is 0. The Balaban J connectivity index is 3.11. The van der Waals surface area contributed by atoms with E-state index in [4.69, 9.17) is 5.11 Å². The Morgan fingerprint density at radius 2 is 2.23 bits per heavy atom. The Labute approximate surface area is 73.7 Å². The van der Waals surface area contributed by atoms with Crippen molar-refractivity contribution in [1.29, 1.82) is 0 Å². The molecule has 0 atom stereocenters. The van der Waals surface area contributed by atoms with E-state index in [9.17, 15) is 14.7 Å². The molecule has 0 saturated carbocycles. The molecule has 2 N–H and O–H groups in total. The number of carboxylic acid groups (broad SMARTS) is 1. The first-order valence-electron chi connectivity index (χ1n) is 3.77. The number of aliphatic carboxylic acids is 1. The van der Waals surface area contributed by atoms with Crippen LogP contribution in [-0.4, -0.2) is 25.3 Å². The van der Waals surface area contributed by atoms with Gasteiger partial charge in [0.2, 0.25) is 5.88 Å².